The number of hydrogen-bond acceptors (Lipinski definition) is 5. The molecule has 146 valence electrons. The molecule has 1 aliphatic heterocycles. The molecule has 1 N–H and O–H groups in total. The molecule has 1 aliphatic rings. The molecule has 0 saturated carbocycles. The molecule has 1 fully saturated rings. The van der Waals surface area contributed by atoms with Crippen LogP contribution in [0.15, 0.2) is 28.8 Å². The third-order valence-corrected chi connectivity index (χ3v) is 4.89. The molecule has 0 atom stereocenters. The van der Waals surface area contributed by atoms with Gasteiger partial charge in [-0.3, -0.25) is 4.79 Å². The monoisotopic (exact) mass is 374 g/mol. The van der Waals surface area contributed by atoms with Crippen LogP contribution >= 0.6 is 0 Å². The van der Waals surface area contributed by atoms with Crippen LogP contribution in [0.25, 0.3) is 11.4 Å². The molecule has 0 spiro atoms. The minimum Gasteiger partial charge on any atom is -0.340 e. The Balaban J connectivity index is 1.51. The number of halogens is 1. The Hall–Kier alpha value is -2.28. The first-order chi connectivity index (χ1) is 13.2. The second kappa shape index (κ2) is 9.60. The molecule has 6 nitrogen and oxygen atoms in total. The van der Waals surface area contributed by atoms with Crippen LogP contribution in [0.3, 0.4) is 0 Å². The minimum absolute atomic E-state index is 0.210. The summed E-state index contributed by atoms with van der Waals surface area (Å²) < 4.78 is 18.3. The summed E-state index contributed by atoms with van der Waals surface area (Å²) in [6.45, 7) is 4.88. The zero-order chi connectivity index (χ0) is 19.1. The number of nitrogens with one attached hydrogen (secondary N) is 1. The molecule has 7 heteroatoms. The maximum absolute atomic E-state index is 13.0. The largest absolute Gasteiger partial charge is 0.340 e. The van der Waals surface area contributed by atoms with Gasteiger partial charge in [-0.05, 0) is 63.0 Å². The number of rotatable bonds is 8. The standard InChI is InChI=1S/C20H27FN4O2/c1-2-14-25(17-10-12-22-13-11-17)19(26)5-3-4-18-23-20(24-27-18)15-6-8-16(21)9-7-15/h6-9,17,22H,2-5,10-14H2,1H3. The van der Waals surface area contributed by atoms with Gasteiger partial charge < -0.3 is 14.7 Å². The molecule has 0 unspecified atom stereocenters. The van der Waals surface area contributed by atoms with E-state index in [9.17, 15) is 9.18 Å². The molecule has 2 aromatic rings. The van der Waals surface area contributed by atoms with E-state index in [0.29, 0.717) is 42.6 Å². The Labute approximate surface area is 159 Å². The van der Waals surface area contributed by atoms with Gasteiger partial charge >= 0.3 is 0 Å². The van der Waals surface area contributed by atoms with Crippen LogP contribution in [0.5, 0.6) is 0 Å². The van der Waals surface area contributed by atoms with Crippen LogP contribution in [-0.4, -0.2) is 46.6 Å². The normalized spacial score (nSPS) is 15.0. The second-order valence-electron chi connectivity index (χ2n) is 6.94. The molecular weight excluding hydrogens is 347 g/mol. The van der Waals surface area contributed by atoms with Crippen molar-refractivity contribution < 1.29 is 13.7 Å². The summed E-state index contributed by atoms with van der Waals surface area (Å²) in [5.41, 5.74) is 0.711. The average molecular weight is 374 g/mol. The first-order valence-electron chi connectivity index (χ1n) is 9.76. The number of benzene rings is 1. The van der Waals surface area contributed by atoms with Crippen molar-refractivity contribution in [2.24, 2.45) is 0 Å². The zero-order valence-corrected chi connectivity index (χ0v) is 15.8. The van der Waals surface area contributed by atoms with E-state index in [0.717, 1.165) is 38.9 Å². The predicted octanol–water partition coefficient (Wildman–Crippen LogP) is 3.19. The number of aryl methyl sites for hydroxylation is 1. The fraction of sp³-hybridized carbons (Fsp3) is 0.550. The molecule has 0 radical (unpaired) electrons. The summed E-state index contributed by atoms with van der Waals surface area (Å²) in [7, 11) is 0. The van der Waals surface area contributed by atoms with E-state index in [1.165, 1.54) is 12.1 Å². The summed E-state index contributed by atoms with van der Waals surface area (Å²) in [6, 6.07) is 6.33. The molecular formula is C20H27FN4O2. The van der Waals surface area contributed by atoms with Gasteiger partial charge in [0.1, 0.15) is 5.82 Å². The van der Waals surface area contributed by atoms with Crippen molar-refractivity contribution in [3.05, 3.63) is 36.0 Å². The third-order valence-electron chi connectivity index (χ3n) is 4.89. The van der Waals surface area contributed by atoms with Crippen LogP contribution in [0, 0.1) is 5.82 Å². The summed E-state index contributed by atoms with van der Waals surface area (Å²) in [4.78, 5) is 19.1. The highest BCUT2D eigenvalue weighted by Crippen LogP contribution is 2.18. The van der Waals surface area contributed by atoms with E-state index < -0.39 is 0 Å². The summed E-state index contributed by atoms with van der Waals surface area (Å²) in [5.74, 6) is 0.859. The highest BCUT2D eigenvalue weighted by atomic mass is 19.1. The van der Waals surface area contributed by atoms with E-state index in [2.05, 4.69) is 27.3 Å². The number of hydrogen-bond donors (Lipinski definition) is 1. The fourth-order valence-electron chi connectivity index (χ4n) is 3.48. The topological polar surface area (TPSA) is 71.3 Å². The molecule has 2 heterocycles. The Morgan fingerprint density at radius 3 is 2.74 bits per heavy atom. The molecule has 0 aliphatic carbocycles. The molecule has 1 aromatic carbocycles. The predicted molar refractivity (Wildman–Crippen MR) is 101 cm³/mol. The van der Waals surface area contributed by atoms with E-state index in [1.807, 2.05) is 0 Å². The minimum atomic E-state index is -0.300. The van der Waals surface area contributed by atoms with Crippen molar-refractivity contribution in [3.63, 3.8) is 0 Å². The SMILES string of the molecule is CCCN(C(=O)CCCc1nc(-c2ccc(F)cc2)no1)C1CCNCC1. The van der Waals surface area contributed by atoms with Crippen molar-refractivity contribution in [3.8, 4) is 11.4 Å². The third kappa shape index (κ3) is 5.35. The lowest BCUT2D eigenvalue weighted by molar-refractivity contribution is -0.134. The quantitative estimate of drug-likeness (QED) is 0.768. The van der Waals surface area contributed by atoms with Crippen molar-refractivity contribution in [1.29, 1.82) is 0 Å². The van der Waals surface area contributed by atoms with Gasteiger partial charge in [0, 0.05) is 31.0 Å². The van der Waals surface area contributed by atoms with Crippen LogP contribution in [0.2, 0.25) is 0 Å². The smallest absolute Gasteiger partial charge is 0.226 e. The molecule has 3 rings (SSSR count). The molecule has 1 amide bonds. The molecule has 1 aromatic heterocycles. The maximum atomic E-state index is 13.0. The Bertz CT molecular complexity index is 726. The number of carbonyl (C=O) groups excluding carboxylic acids is 1. The Morgan fingerprint density at radius 2 is 2.04 bits per heavy atom. The lowest BCUT2D eigenvalue weighted by Gasteiger charge is -2.34. The van der Waals surface area contributed by atoms with Gasteiger partial charge in [0.25, 0.3) is 0 Å². The number of carbonyl (C=O) groups is 1. The number of aromatic nitrogens is 2. The summed E-state index contributed by atoms with van der Waals surface area (Å²) >= 11 is 0. The van der Waals surface area contributed by atoms with Gasteiger partial charge in [-0.25, -0.2) is 4.39 Å². The average Bonchev–Trinajstić information content (AvgIpc) is 3.16. The maximum Gasteiger partial charge on any atom is 0.226 e. The van der Waals surface area contributed by atoms with Crippen LogP contribution < -0.4 is 5.32 Å². The molecule has 27 heavy (non-hydrogen) atoms. The van der Waals surface area contributed by atoms with E-state index in [-0.39, 0.29) is 11.7 Å². The van der Waals surface area contributed by atoms with Gasteiger partial charge in [-0.2, -0.15) is 4.98 Å². The number of piperidine rings is 1. The lowest BCUT2D eigenvalue weighted by atomic mass is 10.0. The van der Waals surface area contributed by atoms with Gasteiger partial charge in [0.2, 0.25) is 17.6 Å². The van der Waals surface area contributed by atoms with Gasteiger partial charge in [0.15, 0.2) is 0 Å². The van der Waals surface area contributed by atoms with Gasteiger partial charge in [0.05, 0.1) is 0 Å². The van der Waals surface area contributed by atoms with Gasteiger partial charge in [-0.1, -0.05) is 12.1 Å². The molecule has 1 saturated heterocycles. The summed E-state index contributed by atoms with van der Waals surface area (Å²) in [6.07, 6.45) is 4.74. The fourth-order valence-corrected chi connectivity index (χ4v) is 3.48. The highest BCUT2D eigenvalue weighted by molar-refractivity contribution is 5.76. The lowest BCUT2D eigenvalue weighted by Crippen LogP contribution is -2.46. The van der Waals surface area contributed by atoms with Crippen molar-refractivity contribution in [2.75, 3.05) is 19.6 Å². The van der Waals surface area contributed by atoms with Gasteiger partial charge in [-0.15, -0.1) is 0 Å². The van der Waals surface area contributed by atoms with Crippen LogP contribution in [0.1, 0.15) is 44.9 Å². The molecule has 0 bridgehead atoms. The van der Waals surface area contributed by atoms with Crippen LogP contribution in [-0.2, 0) is 11.2 Å². The van der Waals surface area contributed by atoms with E-state index in [4.69, 9.17) is 4.52 Å². The van der Waals surface area contributed by atoms with Crippen LogP contribution in [0.4, 0.5) is 4.39 Å². The second-order valence-corrected chi connectivity index (χ2v) is 6.94. The number of nitrogens with zero attached hydrogens (tertiary/aromatic N) is 3. The van der Waals surface area contributed by atoms with Crippen molar-refractivity contribution in [1.82, 2.24) is 20.4 Å². The van der Waals surface area contributed by atoms with E-state index in [1.54, 1.807) is 12.1 Å². The first-order valence-corrected chi connectivity index (χ1v) is 9.76. The van der Waals surface area contributed by atoms with Crippen molar-refractivity contribution >= 4 is 5.91 Å². The highest BCUT2D eigenvalue weighted by Gasteiger charge is 2.24. The van der Waals surface area contributed by atoms with Crippen molar-refractivity contribution in [2.45, 2.75) is 51.5 Å². The summed E-state index contributed by atoms with van der Waals surface area (Å²) in [5, 5.41) is 7.29. The Morgan fingerprint density at radius 1 is 1.30 bits per heavy atom. The zero-order valence-electron chi connectivity index (χ0n) is 15.8. The number of amides is 1. The first kappa shape index (κ1) is 19.5. The Kier molecular flexibility index (Phi) is 6.92. The van der Waals surface area contributed by atoms with E-state index >= 15 is 0 Å².